The topological polar surface area (TPSA) is 43.4 Å². The normalized spacial score (nSPS) is 10.2. The van der Waals surface area contributed by atoms with Crippen LogP contribution in [0, 0.1) is 0 Å². The van der Waals surface area contributed by atoms with E-state index >= 15 is 0 Å². The number of carbonyl (C=O) groups is 2. The van der Waals surface area contributed by atoms with E-state index in [2.05, 4.69) is 6.92 Å². The molecule has 0 heterocycles. The average molecular weight is 296 g/mol. The van der Waals surface area contributed by atoms with E-state index in [9.17, 15) is 9.59 Å². The summed E-state index contributed by atoms with van der Waals surface area (Å²) in [4.78, 5) is 24.2. The first kappa shape index (κ1) is 16.0. The van der Waals surface area contributed by atoms with E-state index in [1.54, 1.807) is 36.4 Å². The van der Waals surface area contributed by atoms with Crippen LogP contribution in [-0.4, -0.2) is 11.9 Å². The largest absolute Gasteiger partial charge is 0.386 e. The number of aryl methyl sites for hydroxylation is 1. The van der Waals surface area contributed by atoms with Gasteiger partial charge in [-0.15, -0.1) is 0 Å². The summed E-state index contributed by atoms with van der Waals surface area (Å²) in [5, 5.41) is 0. The lowest BCUT2D eigenvalue weighted by atomic mass is 10.0. The van der Waals surface area contributed by atoms with Gasteiger partial charge in [-0.05, 0) is 36.6 Å². The third kappa shape index (κ3) is 4.29. The number of esters is 2. The van der Waals surface area contributed by atoms with E-state index in [-0.39, 0.29) is 0 Å². The molecule has 0 aliphatic carbocycles. The SMILES string of the molecule is CCCCCc1ccccc1C(=O)OC(=O)c1ccccc1. The lowest BCUT2D eigenvalue weighted by Crippen LogP contribution is -2.14. The van der Waals surface area contributed by atoms with Crippen LogP contribution in [0.1, 0.15) is 52.5 Å². The number of ether oxygens (including phenoxy) is 1. The first-order chi connectivity index (χ1) is 10.7. The first-order valence-electron chi connectivity index (χ1n) is 7.62. The lowest BCUT2D eigenvalue weighted by Gasteiger charge is -2.08. The number of hydrogen-bond acceptors (Lipinski definition) is 3. The van der Waals surface area contributed by atoms with Gasteiger partial charge in [0.1, 0.15) is 0 Å². The molecule has 0 spiro atoms. The Labute approximate surface area is 130 Å². The zero-order valence-electron chi connectivity index (χ0n) is 12.7. The minimum Gasteiger partial charge on any atom is -0.386 e. The van der Waals surface area contributed by atoms with Crippen LogP contribution in [0.3, 0.4) is 0 Å². The molecule has 3 heteroatoms. The number of hydrogen-bond donors (Lipinski definition) is 0. The summed E-state index contributed by atoms with van der Waals surface area (Å²) in [6.07, 6.45) is 4.08. The van der Waals surface area contributed by atoms with Crippen LogP contribution in [0.5, 0.6) is 0 Å². The third-order valence-electron chi connectivity index (χ3n) is 3.48. The van der Waals surface area contributed by atoms with Gasteiger partial charge in [0.2, 0.25) is 0 Å². The van der Waals surface area contributed by atoms with Crippen molar-refractivity contribution in [2.45, 2.75) is 32.6 Å². The zero-order chi connectivity index (χ0) is 15.8. The standard InChI is InChI=1S/C19H20O3/c1-2-3-5-10-15-11-8-9-14-17(15)19(21)22-18(20)16-12-6-4-7-13-16/h4,6-9,11-14H,2-3,5,10H2,1H3. The molecule has 0 aromatic heterocycles. The Hall–Kier alpha value is -2.42. The molecular formula is C19H20O3. The van der Waals surface area contributed by atoms with Gasteiger partial charge in [0.05, 0.1) is 11.1 Å². The van der Waals surface area contributed by atoms with Gasteiger partial charge >= 0.3 is 11.9 Å². The predicted molar refractivity (Wildman–Crippen MR) is 85.9 cm³/mol. The summed E-state index contributed by atoms with van der Waals surface area (Å²) in [5.41, 5.74) is 1.78. The Morgan fingerprint density at radius 1 is 0.864 bits per heavy atom. The van der Waals surface area contributed by atoms with Crippen LogP contribution in [0.15, 0.2) is 54.6 Å². The van der Waals surface area contributed by atoms with Gasteiger partial charge in [0.15, 0.2) is 0 Å². The van der Waals surface area contributed by atoms with Gasteiger partial charge < -0.3 is 4.74 Å². The second-order valence-electron chi connectivity index (χ2n) is 5.16. The lowest BCUT2D eigenvalue weighted by molar-refractivity contribution is 0.0397. The molecule has 0 saturated carbocycles. The van der Waals surface area contributed by atoms with Crippen LogP contribution in [0.4, 0.5) is 0 Å². The maximum absolute atomic E-state index is 12.2. The minimum atomic E-state index is -0.617. The maximum atomic E-state index is 12.2. The predicted octanol–water partition coefficient (Wildman–Crippen LogP) is 4.42. The monoisotopic (exact) mass is 296 g/mol. The Bertz CT molecular complexity index is 632. The van der Waals surface area contributed by atoms with Crippen LogP contribution in [-0.2, 0) is 11.2 Å². The minimum absolute atomic E-state index is 0.374. The summed E-state index contributed by atoms with van der Waals surface area (Å²) in [6, 6.07) is 15.8. The van der Waals surface area contributed by atoms with E-state index in [0.717, 1.165) is 31.2 Å². The maximum Gasteiger partial charge on any atom is 0.346 e. The molecule has 0 aliphatic heterocycles. The third-order valence-corrected chi connectivity index (χ3v) is 3.48. The molecule has 0 radical (unpaired) electrons. The highest BCUT2D eigenvalue weighted by Gasteiger charge is 2.17. The molecule has 0 atom stereocenters. The smallest absolute Gasteiger partial charge is 0.346 e. The van der Waals surface area contributed by atoms with Gasteiger partial charge in [-0.1, -0.05) is 56.2 Å². The summed E-state index contributed by atoms with van der Waals surface area (Å²) in [6.45, 7) is 2.14. The first-order valence-corrected chi connectivity index (χ1v) is 7.62. The van der Waals surface area contributed by atoms with Gasteiger partial charge in [-0.2, -0.15) is 0 Å². The molecule has 2 aromatic carbocycles. The van der Waals surface area contributed by atoms with Crippen molar-refractivity contribution < 1.29 is 14.3 Å². The fourth-order valence-corrected chi connectivity index (χ4v) is 2.28. The molecule has 0 aliphatic rings. The zero-order valence-corrected chi connectivity index (χ0v) is 12.7. The van der Waals surface area contributed by atoms with E-state index in [4.69, 9.17) is 4.74 Å². The highest BCUT2D eigenvalue weighted by Crippen LogP contribution is 2.15. The van der Waals surface area contributed by atoms with E-state index in [1.165, 1.54) is 0 Å². The van der Waals surface area contributed by atoms with Crippen molar-refractivity contribution >= 4 is 11.9 Å². The van der Waals surface area contributed by atoms with E-state index in [1.807, 2.05) is 18.2 Å². The summed E-state index contributed by atoms with van der Waals surface area (Å²) in [7, 11) is 0. The van der Waals surface area contributed by atoms with Crippen molar-refractivity contribution in [3.8, 4) is 0 Å². The molecule has 22 heavy (non-hydrogen) atoms. The Kier molecular flexibility index (Phi) is 5.90. The number of unbranched alkanes of at least 4 members (excludes halogenated alkanes) is 2. The van der Waals surface area contributed by atoms with Gasteiger partial charge in [0.25, 0.3) is 0 Å². The molecule has 0 amide bonds. The molecule has 0 N–H and O–H groups in total. The van der Waals surface area contributed by atoms with E-state index in [0.29, 0.717) is 11.1 Å². The summed E-state index contributed by atoms with van der Waals surface area (Å²) >= 11 is 0. The highest BCUT2D eigenvalue weighted by molar-refractivity contribution is 6.03. The van der Waals surface area contributed by atoms with Crippen molar-refractivity contribution in [3.63, 3.8) is 0 Å². The molecule has 3 nitrogen and oxygen atoms in total. The van der Waals surface area contributed by atoms with E-state index < -0.39 is 11.9 Å². The molecule has 2 rings (SSSR count). The summed E-state index contributed by atoms with van der Waals surface area (Å²) in [5.74, 6) is -1.20. The van der Waals surface area contributed by atoms with Crippen molar-refractivity contribution in [1.29, 1.82) is 0 Å². The number of rotatable bonds is 6. The Balaban J connectivity index is 2.08. The second-order valence-corrected chi connectivity index (χ2v) is 5.16. The second kappa shape index (κ2) is 8.13. The van der Waals surface area contributed by atoms with Gasteiger partial charge in [0, 0.05) is 0 Å². The summed E-state index contributed by atoms with van der Waals surface area (Å²) < 4.78 is 4.99. The van der Waals surface area contributed by atoms with Crippen molar-refractivity contribution in [1.82, 2.24) is 0 Å². The van der Waals surface area contributed by atoms with Crippen molar-refractivity contribution in [2.75, 3.05) is 0 Å². The number of benzene rings is 2. The van der Waals surface area contributed by atoms with Crippen LogP contribution in [0.25, 0.3) is 0 Å². The molecule has 0 bridgehead atoms. The Morgan fingerprint density at radius 3 is 2.27 bits per heavy atom. The highest BCUT2D eigenvalue weighted by atomic mass is 16.6. The fourth-order valence-electron chi connectivity index (χ4n) is 2.28. The average Bonchev–Trinajstić information content (AvgIpc) is 2.56. The fraction of sp³-hybridized carbons (Fsp3) is 0.263. The van der Waals surface area contributed by atoms with Crippen LogP contribution < -0.4 is 0 Å². The molecule has 2 aromatic rings. The molecule has 114 valence electrons. The van der Waals surface area contributed by atoms with Crippen molar-refractivity contribution in [2.24, 2.45) is 0 Å². The van der Waals surface area contributed by atoms with Crippen molar-refractivity contribution in [3.05, 3.63) is 71.3 Å². The molecule has 0 fully saturated rings. The molecule has 0 unspecified atom stereocenters. The van der Waals surface area contributed by atoms with Gasteiger partial charge in [-0.25, -0.2) is 9.59 Å². The number of carbonyl (C=O) groups excluding carboxylic acids is 2. The Morgan fingerprint density at radius 2 is 1.55 bits per heavy atom. The van der Waals surface area contributed by atoms with Crippen LogP contribution >= 0.6 is 0 Å². The quantitative estimate of drug-likeness (QED) is 0.450. The van der Waals surface area contributed by atoms with Crippen LogP contribution in [0.2, 0.25) is 0 Å². The molecule has 0 saturated heterocycles. The van der Waals surface area contributed by atoms with Gasteiger partial charge in [-0.3, -0.25) is 0 Å². The molecular weight excluding hydrogens is 276 g/mol.